The van der Waals surface area contributed by atoms with Crippen LogP contribution < -0.4 is 5.32 Å². The molecule has 0 heterocycles. The highest BCUT2D eigenvalue weighted by Gasteiger charge is 2.18. The number of benzene rings is 1. The van der Waals surface area contributed by atoms with Gasteiger partial charge in [0, 0.05) is 0 Å². The van der Waals surface area contributed by atoms with Crippen LogP contribution in [0.15, 0.2) is 24.3 Å². The molecular formula is C13H19NO3. The lowest BCUT2D eigenvalue weighted by Gasteiger charge is -2.16. The summed E-state index contributed by atoms with van der Waals surface area (Å²) in [6.07, 6.45) is 0.562. The fourth-order valence-corrected chi connectivity index (χ4v) is 1.60. The van der Waals surface area contributed by atoms with Crippen molar-refractivity contribution in [1.29, 1.82) is 0 Å². The highest BCUT2D eigenvalue weighted by molar-refractivity contribution is 5.76. The zero-order valence-electron chi connectivity index (χ0n) is 10.3. The number of likely N-dealkylation sites (N-methyl/N-ethyl adjacent to an activating group) is 1. The number of ether oxygens (including phenoxy) is 1. The van der Waals surface area contributed by atoms with Crippen LogP contribution in [0.5, 0.6) is 5.75 Å². The Morgan fingerprint density at radius 1 is 1.35 bits per heavy atom. The third kappa shape index (κ3) is 4.44. The van der Waals surface area contributed by atoms with Crippen LogP contribution in [0.3, 0.4) is 0 Å². The lowest BCUT2D eigenvalue weighted by molar-refractivity contribution is -0.145. The molecule has 94 valence electrons. The topological polar surface area (TPSA) is 58.6 Å². The molecule has 1 aromatic rings. The van der Waals surface area contributed by atoms with Gasteiger partial charge in [-0.1, -0.05) is 19.1 Å². The Labute approximate surface area is 102 Å². The zero-order chi connectivity index (χ0) is 12.7. The zero-order valence-corrected chi connectivity index (χ0v) is 10.3. The predicted octanol–water partition coefficient (Wildman–Crippen LogP) is 1.48. The number of aromatic hydroxyl groups is 1. The monoisotopic (exact) mass is 237 g/mol. The molecule has 4 heteroatoms. The van der Waals surface area contributed by atoms with Crippen molar-refractivity contribution < 1.29 is 14.6 Å². The molecule has 17 heavy (non-hydrogen) atoms. The van der Waals surface area contributed by atoms with E-state index in [9.17, 15) is 9.90 Å². The Hall–Kier alpha value is -1.55. The fourth-order valence-electron chi connectivity index (χ4n) is 1.60. The van der Waals surface area contributed by atoms with Crippen LogP contribution in [0.1, 0.15) is 19.4 Å². The molecule has 0 aliphatic heterocycles. The second-order valence-corrected chi connectivity index (χ2v) is 3.73. The highest BCUT2D eigenvalue weighted by atomic mass is 16.5. The minimum absolute atomic E-state index is 0.227. The van der Waals surface area contributed by atoms with Crippen molar-refractivity contribution >= 4 is 5.97 Å². The Morgan fingerprint density at radius 3 is 2.53 bits per heavy atom. The summed E-state index contributed by atoms with van der Waals surface area (Å²) in [5, 5.41) is 12.3. The summed E-state index contributed by atoms with van der Waals surface area (Å²) in [5.41, 5.74) is 0.988. The van der Waals surface area contributed by atoms with Gasteiger partial charge in [0.05, 0.1) is 6.61 Å². The van der Waals surface area contributed by atoms with E-state index in [-0.39, 0.29) is 17.8 Å². The number of phenolic OH excluding ortho intramolecular Hbond substituents is 1. The van der Waals surface area contributed by atoms with Crippen LogP contribution in [-0.2, 0) is 16.0 Å². The Kier molecular flexibility index (Phi) is 5.49. The Bertz CT molecular complexity index is 348. The maximum Gasteiger partial charge on any atom is 0.323 e. The number of hydrogen-bond donors (Lipinski definition) is 2. The molecule has 0 radical (unpaired) electrons. The van der Waals surface area contributed by atoms with Gasteiger partial charge in [-0.15, -0.1) is 0 Å². The van der Waals surface area contributed by atoms with Gasteiger partial charge in [-0.25, -0.2) is 0 Å². The summed E-state index contributed by atoms with van der Waals surface area (Å²) in [4.78, 5) is 11.7. The number of hydrogen-bond acceptors (Lipinski definition) is 4. The summed E-state index contributed by atoms with van der Waals surface area (Å²) in [7, 11) is 0. The van der Waals surface area contributed by atoms with Crippen molar-refractivity contribution in [2.75, 3.05) is 13.2 Å². The molecule has 1 atom stereocenters. The number of esters is 1. The molecule has 1 rings (SSSR count). The molecule has 4 nitrogen and oxygen atoms in total. The normalized spacial score (nSPS) is 12.1. The molecule has 2 N–H and O–H groups in total. The van der Waals surface area contributed by atoms with Gasteiger partial charge in [0.1, 0.15) is 11.8 Å². The number of phenols is 1. The first-order valence-electron chi connectivity index (χ1n) is 5.85. The van der Waals surface area contributed by atoms with Crippen LogP contribution in [-0.4, -0.2) is 30.3 Å². The summed E-state index contributed by atoms with van der Waals surface area (Å²) in [5.74, 6) is -0.00712. The van der Waals surface area contributed by atoms with E-state index >= 15 is 0 Å². The average molecular weight is 237 g/mol. The van der Waals surface area contributed by atoms with E-state index in [1.807, 2.05) is 6.92 Å². The van der Waals surface area contributed by atoms with E-state index in [1.54, 1.807) is 31.2 Å². The maximum atomic E-state index is 11.7. The molecular weight excluding hydrogens is 218 g/mol. The number of rotatable bonds is 6. The maximum absolute atomic E-state index is 11.7. The molecule has 1 aromatic carbocycles. The third-order valence-corrected chi connectivity index (χ3v) is 2.40. The SMILES string of the molecule is CCNC(Cc1ccc(O)cc1)C(=O)OCC. The summed E-state index contributed by atoms with van der Waals surface area (Å²) >= 11 is 0. The molecule has 0 saturated carbocycles. The number of carbonyl (C=O) groups is 1. The molecule has 0 aromatic heterocycles. The molecule has 0 aliphatic carbocycles. The molecule has 0 amide bonds. The molecule has 1 unspecified atom stereocenters. The first-order chi connectivity index (χ1) is 8.17. The molecule has 0 spiro atoms. The van der Waals surface area contributed by atoms with Crippen LogP contribution in [0.4, 0.5) is 0 Å². The van der Waals surface area contributed by atoms with Gasteiger partial charge in [-0.3, -0.25) is 4.79 Å². The van der Waals surface area contributed by atoms with E-state index in [4.69, 9.17) is 4.74 Å². The van der Waals surface area contributed by atoms with Crippen molar-refractivity contribution in [3.8, 4) is 5.75 Å². The van der Waals surface area contributed by atoms with Gasteiger partial charge >= 0.3 is 5.97 Å². The van der Waals surface area contributed by atoms with Crippen molar-refractivity contribution in [2.45, 2.75) is 26.3 Å². The van der Waals surface area contributed by atoms with Crippen molar-refractivity contribution in [3.63, 3.8) is 0 Å². The second-order valence-electron chi connectivity index (χ2n) is 3.73. The summed E-state index contributed by atoms with van der Waals surface area (Å²) in [6.45, 7) is 4.84. The van der Waals surface area contributed by atoms with Gasteiger partial charge < -0.3 is 15.2 Å². The Balaban J connectivity index is 2.65. The predicted molar refractivity (Wildman–Crippen MR) is 65.9 cm³/mol. The minimum Gasteiger partial charge on any atom is -0.508 e. The summed E-state index contributed by atoms with van der Waals surface area (Å²) < 4.78 is 5.00. The fraction of sp³-hybridized carbons (Fsp3) is 0.462. The van der Waals surface area contributed by atoms with Crippen LogP contribution in [0.25, 0.3) is 0 Å². The van der Waals surface area contributed by atoms with Crippen molar-refractivity contribution in [3.05, 3.63) is 29.8 Å². The van der Waals surface area contributed by atoms with E-state index < -0.39 is 0 Å². The van der Waals surface area contributed by atoms with Crippen molar-refractivity contribution in [1.82, 2.24) is 5.32 Å². The molecule has 0 bridgehead atoms. The van der Waals surface area contributed by atoms with Gasteiger partial charge in [-0.05, 0) is 37.6 Å². The van der Waals surface area contributed by atoms with Gasteiger partial charge in [-0.2, -0.15) is 0 Å². The molecule has 0 aliphatic rings. The van der Waals surface area contributed by atoms with E-state index in [1.165, 1.54) is 0 Å². The number of carbonyl (C=O) groups excluding carboxylic acids is 1. The van der Waals surface area contributed by atoms with Gasteiger partial charge in [0.15, 0.2) is 0 Å². The molecule has 0 saturated heterocycles. The first-order valence-corrected chi connectivity index (χ1v) is 5.85. The van der Waals surface area contributed by atoms with E-state index in [2.05, 4.69) is 5.32 Å². The second kappa shape index (κ2) is 6.91. The van der Waals surface area contributed by atoms with Gasteiger partial charge in [0.2, 0.25) is 0 Å². The van der Waals surface area contributed by atoms with Crippen LogP contribution in [0.2, 0.25) is 0 Å². The summed E-state index contributed by atoms with van der Waals surface area (Å²) in [6, 6.07) is 6.51. The highest BCUT2D eigenvalue weighted by Crippen LogP contribution is 2.11. The lowest BCUT2D eigenvalue weighted by Crippen LogP contribution is -2.39. The van der Waals surface area contributed by atoms with Crippen molar-refractivity contribution in [2.24, 2.45) is 0 Å². The minimum atomic E-state index is -0.329. The Morgan fingerprint density at radius 2 is 2.00 bits per heavy atom. The van der Waals surface area contributed by atoms with Crippen LogP contribution >= 0.6 is 0 Å². The van der Waals surface area contributed by atoms with Gasteiger partial charge in [0.25, 0.3) is 0 Å². The third-order valence-electron chi connectivity index (χ3n) is 2.40. The van der Waals surface area contributed by atoms with Crippen LogP contribution in [0, 0.1) is 0 Å². The lowest BCUT2D eigenvalue weighted by atomic mass is 10.1. The van der Waals surface area contributed by atoms with E-state index in [0.717, 1.165) is 5.56 Å². The standard InChI is InChI=1S/C13H19NO3/c1-3-14-12(13(16)17-4-2)9-10-5-7-11(15)8-6-10/h5-8,12,14-15H,3-4,9H2,1-2H3. The average Bonchev–Trinajstić information content (AvgIpc) is 2.31. The van der Waals surface area contributed by atoms with E-state index in [0.29, 0.717) is 19.6 Å². The largest absolute Gasteiger partial charge is 0.508 e. The number of nitrogens with one attached hydrogen (secondary N) is 1. The first kappa shape index (κ1) is 13.5. The smallest absolute Gasteiger partial charge is 0.323 e. The molecule has 0 fully saturated rings. The quantitative estimate of drug-likeness (QED) is 0.736.